The van der Waals surface area contributed by atoms with Crippen molar-refractivity contribution in [2.75, 3.05) is 0 Å². The molecule has 0 aliphatic carbocycles. The van der Waals surface area contributed by atoms with Gasteiger partial charge in [-0.3, -0.25) is 4.57 Å². The van der Waals surface area contributed by atoms with Crippen LogP contribution >= 0.6 is 11.6 Å². The van der Waals surface area contributed by atoms with E-state index in [2.05, 4.69) is 4.98 Å². The lowest BCUT2D eigenvalue weighted by molar-refractivity contribution is 0.477. The van der Waals surface area contributed by atoms with Gasteiger partial charge < -0.3 is 5.11 Å². The lowest BCUT2D eigenvalue weighted by atomic mass is 10.0. The maximum Gasteiger partial charge on any atom is 0.132 e. The van der Waals surface area contributed by atoms with Crippen molar-refractivity contribution in [1.29, 1.82) is 0 Å². The van der Waals surface area contributed by atoms with Gasteiger partial charge in [0.2, 0.25) is 0 Å². The number of aromatic hydroxyl groups is 1. The Labute approximate surface area is 142 Å². The van der Waals surface area contributed by atoms with E-state index >= 15 is 0 Å². The lowest BCUT2D eigenvalue weighted by Crippen LogP contribution is -1.92. The van der Waals surface area contributed by atoms with Crippen LogP contribution in [0.4, 0.5) is 4.39 Å². The first-order valence-corrected chi connectivity index (χ1v) is 7.72. The van der Waals surface area contributed by atoms with Crippen molar-refractivity contribution in [3.05, 3.63) is 77.8 Å². The Morgan fingerprint density at radius 1 is 0.958 bits per heavy atom. The van der Waals surface area contributed by atoms with Gasteiger partial charge in [-0.25, -0.2) is 9.37 Å². The number of phenols is 1. The number of imidazole rings is 1. The summed E-state index contributed by atoms with van der Waals surface area (Å²) < 4.78 is 16.1. The van der Waals surface area contributed by atoms with Crippen LogP contribution in [0.5, 0.6) is 5.75 Å². The maximum atomic E-state index is 14.2. The third kappa shape index (κ3) is 2.41. The van der Waals surface area contributed by atoms with E-state index in [1.54, 1.807) is 24.5 Å². The molecule has 0 radical (unpaired) electrons. The second-order valence-electron chi connectivity index (χ2n) is 5.43. The number of phenolic OH excluding ortho intramolecular Hbond substituents is 1. The zero-order valence-electron chi connectivity index (χ0n) is 12.4. The van der Waals surface area contributed by atoms with Crippen LogP contribution in [-0.2, 0) is 0 Å². The summed E-state index contributed by atoms with van der Waals surface area (Å²) in [5.74, 6) is -0.509. The minimum Gasteiger partial charge on any atom is -0.507 e. The molecule has 0 aliphatic heterocycles. The first-order valence-electron chi connectivity index (χ1n) is 7.34. The van der Waals surface area contributed by atoms with Crippen LogP contribution in [-0.4, -0.2) is 14.7 Å². The van der Waals surface area contributed by atoms with Crippen LogP contribution in [0.3, 0.4) is 0 Å². The molecule has 118 valence electrons. The number of rotatable bonds is 2. The van der Waals surface area contributed by atoms with Gasteiger partial charge in [0.15, 0.2) is 0 Å². The summed E-state index contributed by atoms with van der Waals surface area (Å²) in [4.78, 5) is 4.32. The molecule has 0 atom stereocenters. The maximum absolute atomic E-state index is 14.2. The molecule has 1 N–H and O–H groups in total. The van der Waals surface area contributed by atoms with Crippen LogP contribution in [0.15, 0.2) is 67.0 Å². The number of nitrogens with zero attached hydrogens (tertiary/aromatic N) is 2. The van der Waals surface area contributed by atoms with Gasteiger partial charge in [-0.1, -0.05) is 29.8 Å². The van der Waals surface area contributed by atoms with E-state index in [0.29, 0.717) is 21.7 Å². The molecule has 0 aliphatic rings. The molecule has 4 rings (SSSR count). The Bertz CT molecular complexity index is 1040. The molecule has 0 fully saturated rings. The Kier molecular flexibility index (Phi) is 3.47. The van der Waals surface area contributed by atoms with E-state index < -0.39 is 5.82 Å². The van der Waals surface area contributed by atoms with Gasteiger partial charge >= 0.3 is 0 Å². The average molecular weight is 339 g/mol. The normalized spacial score (nSPS) is 11.1. The second kappa shape index (κ2) is 5.65. The molecule has 3 nitrogen and oxygen atoms in total. The summed E-state index contributed by atoms with van der Waals surface area (Å²) in [6, 6.07) is 17.4. The number of aromatic nitrogens is 2. The Hall–Kier alpha value is -2.85. The molecular formula is C19H12ClFN2O. The standard InChI is InChI=1S/C19H12ClFN2O/c20-12-6-7-14(16(21)8-12)15-9-18-17(10-19(15)24)22-11-23(18)13-4-2-1-3-5-13/h1-11,24H. The quantitative estimate of drug-likeness (QED) is 0.546. The van der Waals surface area contributed by atoms with Gasteiger partial charge in [0.25, 0.3) is 0 Å². The van der Waals surface area contributed by atoms with Crippen LogP contribution in [0, 0.1) is 5.82 Å². The zero-order valence-corrected chi connectivity index (χ0v) is 13.2. The van der Waals surface area contributed by atoms with Crippen molar-refractivity contribution in [2.24, 2.45) is 0 Å². The van der Waals surface area contributed by atoms with E-state index in [9.17, 15) is 9.50 Å². The third-order valence-corrected chi connectivity index (χ3v) is 4.16. The van der Waals surface area contributed by atoms with Gasteiger partial charge in [-0.05, 0) is 36.4 Å². The molecule has 0 bridgehead atoms. The van der Waals surface area contributed by atoms with Crippen molar-refractivity contribution < 1.29 is 9.50 Å². The molecule has 0 saturated heterocycles. The van der Waals surface area contributed by atoms with Crippen molar-refractivity contribution in [3.8, 4) is 22.6 Å². The largest absolute Gasteiger partial charge is 0.507 e. The Morgan fingerprint density at radius 2 is 1.75 bits per heavy atom. The second-order valence-corrected chi connectivity index (χ2v) is 5.87. The molecule has 0 amide bonds. The van der Waals surface area contributed by atoms with Crippen molar-refractivity contribution in [1.82, 2.24) is 9.55 Å². The molecule has 24 heavy (non-hydrogen) atoms. The summed E-state index contributed by atoms with van der Waals surface area (Å²) in [5.41, 5.74) is 3.04. The van der Waals surface area contributed by atoms with Gasteiger partial charge in [0, 0.05) is 27.9 Å². The zero-order chi connectivity index (χ0) is 16.7. The number of hydrogen-bond donors (Lipinski definition) is 1. The molecule has 0 unspecified atom stereocenters. The smallest absolute Gasteiger partial charge is 0.132 e. The van der Waals surface area contributed by atoms with Crippen molar-refractivity contribution in [2.45, 2.75) is 0 Å². The topological polar surface area (TPSA) is 38.1 Å². The van der Waals surface area contributed by atoms with E-state index in [4.69, 9.17) is 11.6 Å². The molecule has 0 saturated carbocycles. The van der Waals surface area contributed by atoms with Crippen LogP contribution in [0.25, 0.3) is 27.8 Å². The fraction of sp³-hybridized carbons (Fsp3) is 0. The monoisotopic (exact) mass is 338 g/mol. The van der Waals surface area contributed by atoms with E-state index in [-0.39, 0.29) is 5.75 Å². The van der Waals surface area contributed by atoms with Gasteiger partial charge in [0.1, 0.15) is 17.9 Å². The van der Waals surface area contributed by atoms with Crippen molar-refractivity contribution in [3.63, 3.8) is 0 Å². The highest BCUT2D eigenvalue weighted by Crippen LogP contribution is 2.35. The molecule has 1 aromatic heterocycles. The summed E-state index contributed by atoms with van der Waals surface area (Å²) in [6.45, 7) is 0. The van der Waals surface area contributed by atoms with E-state index in [1.807, 2.05) is 34.9 Å². The first kappa shape index (κ1) is 14.7. The molecule has 3 aromatic carbocycles. The van der Waals surface area contributed by atoms with Crippen molar-refractivity contribution >= 4 is 22.6 Å². The lowest BCUT2D eigenvalue weighted by Gasteiger charge is -2.09. The number of hydrogen-bond acceptors (Lipinski definition) is 2. The van der Waals surface area contributed by atoms with Crippen LogP contribution < -0.4 is 0 Å². The van der Waals surface area contributed by atoms with Gasteiger partial charge in [0.05, 0.1) is 11.0 Å². The van der Waals surface area contributed by atoms with Crippen LogP contribution in [0.2, 0.25) is 5.02 Å². The van der Waals surface area contributed by atoms with Crippen LogP contribution in [0.1, 0.15) is 0 Å². The highest BCUT2D eigenvalue weighted by Gasteiger charge is 2.14. The third-order valence-electron chi connectivity index (χ3n) is 3.92. The minimum atomic E-state index is -0.483. The average Bonchev–Trinajstić information content (AvgIpc) is 2.98. The molecule has 5 heteroatoms. The Morgan fingerprint density at radius 3 is 2.50 bits per heavy atom. The van der Waals surface area contributed by atoms with E-state index in [0.717, 1.165) is 11.2 Å². The summed E-state index contributed by atoms with van der Waals surface area (Å²) in [5, 5.41) is 10.6. The summed E-state index contributed by atoms with van der Waals surface area (Å²) >= 11 is 5.81. The predicted molar refractivity (Wildman–Crippen MR) is 93.1 cm³/mol. The van der Waals surface area contributed by atoms with Gasteiger partial charge in [-0.2, -0.15) is 0 Å². The first-order chi connectivity index (χ1) is 11.6. The Balaban J connectivity index is 1.96. The number of halogens is 2. The minimum absolute atomic E-state index is 0.0259. The van der Waals surface area contributed by atoms with E-state index in [1.165, 1.54) is 12.1 Å². The highest BCUT2D eigenvalue weighted by molar-refractivity contribution is 6.30. The SMILES string of the molecule is Oc1cc2ncn(-c3ccccc3)c2cc1-c1ccc(Cl)cc1F. The molecule has 1 heterocycles. The fourth-order valence-corrected chi connectivity index (χ4v) is 2.92. The van der Waals surface area contributed by atoms with Gasteiger partial charge in [-0.15, -0.1) is 0 Å². The summed E-state index contributed by atoms with van der Waals surface area (Å²) in [6.07, 6.45) is 1.68. The number of fused-ring (bicyclic) bond motifs is 1. The highest BCUT2D eigenvalue weighted by atomic mass is 35.5. The molecular weight excluding hydrogens is 327 g/mol. The molecule has 4 aromatic rings. The number of benzene rings is 3. The predicted octanol–water partition coefficient (Wildman–Crippen LogP) is 5.19. The summed E-state index contributed by atoms with van der Waals surface area (Å²) in [7, 11) is 0. The fourth-order valence-electron chi connectivity index (χ4n) is 2.76. The number of para-hydroxylation sites is 1. The molecule has 0 spiro atoms.